The van der Waals surface area contributed by atoms with Crippen LogP contribution in [0.2, 0.25) is 0 Å². The minimum absolute atomic E-state index is 0.206. The molecular weight excluding hydrogens is 299 g/mol. The van der Waals surface area contributed by atoms with Crippen LogP contribution >= 0.6 is 0 Å². The maximum atomic E-state index is 13.4. The van der Waals surface area contributed by atoms with Crippen LogP contribution in [0.15, 0.2) is 64.9 Å². The zero-order valence-electron chi connectivity index (χ0n) is 11.8. The quantitative estimate of drug-likeness (QED) is 0.800. The van der Waals surface area contributed by atoms with Crippen LogP contribution in [0.5, 0.6) is 0 Å². The van der Waals surface area contributed by atoms with Crippen LogP contribution in [0.4, 0.5) is 15.8 Å². The number of fused-ring (bicyclic) bond motifs is 1. The number of hydrogen-bond donors (Lipinski definition) is 0. The summed E-state index contributed by atoms with van der Waals surface area (Å²) < 4.78 is 13.4. The van der Waals surface area contributed by atoms with Crippen LogP contribution in [0.3, 0.4) is 0 Å². The molecular formula is C16H11FN4O2. The summed E-state index contributed by atoms with van der Waals surface area (Å²) in [7, 11) is 0. The monoisotopic (exact) mass is 310 g/mol. The second kappa shape index (κ2) is 4.98. The van der Waals surface area contributed by atoms with Gasteiger partial charge in [0.05, 0.1) is 11.4 Å². The van der Waals surface area contributed by atoms with E-state index in [1.165, 1.54) is 23.2 Å². The summed E-state index contributed by atoms with van der Waals surface area (Å²) in [4.78, 5) is 26.2. The number of halogens is 1. The van der Waals surface area contributed by atoms with Crippen molar-refractivity contribution in [2.24, 2.45) is 10.3 Å². The molecule has 0 aliphatic carbocycles. The Bertz CT molecular complexity index is 824. The number of anilines is 2. The Kier molecular flexibility index (Phi) is 2.94. The number of rotatable bonds is 2. The Morgan fingerprint density at radius 2 is 1.65 bits per heavy atom. The summed E-state index contributed by atoms with van der Waals surface area (Å²) in [6.07, 6.45) is 0. The topological polar surface area (TPSA) is 65.3 Å². The fraction of sp³-hybridized carbons (Fsp3) is 0.125. The molecule has 0 unspecified atom stereocenters. The normalized spacial score (nSPS) is 22.8. The smallest absolute Gasteiger partial charge is 0.263 e. The van der Waals surface area contributed by atoms with Crippen molar-refractivity contribution in [2.75, 3.05) is 9.91 Å². The van der Waals surface area contributed by atoms with Crippen molar-refractivity contribution < 1.29 is 14.0 Å². The van der Waals surface area contributed by atoms with Gasteiger partial charge < -0.3 is 0 Å². The largest absolute Gasteiger partial charge is 0.271 e. The molecule has 1 fully saturated rings. The van der Waals surface area contributed by atoms with Crippen molar-refractivity contribution in [2.45, 2.75) is 12.1 Å². The van der Waals surface area contributed by atoms with Crippen molar-refractivity contribution in [3.05, 3.63) is 60.4 Å². The van der Waals surface area contributed by atoms with Crippen LogP contribution in [-0.2, 0) is 9.59 Å². The number of carbonyl (C=O) groups excluding carboxylic acids is 2. The van der Waals surface area contributed by atoms with Crippen LogP contribution in [0.25, 0.3) is 0 Å². The van der Waals surface area contributed by atoms with Crippen LogP contribution in [0, 0.1) is 5.82 Å². The van der Waals surface area contributed by atoms with Gasteiger partial charge in [0, 0.05) is 0 Å². The van der Waals surface area contributed by atoms with Gasteiger partial charge in [0.1, 0.15) is 5.82 Å². The third kappa shape index (κ3) is 2.01. The number of benzene rings is 2. The third-order valence-corrected chi connectivity index (χ3v) is 3.87. The van der Waals surface area contributed by atoms with Crippen molar-refractivity contribution in [3.63, 3.8) is 0 Å². The first-order valence-electron chi connectivity index (χ1n) is 7.05. The molecule has 2 aromatic rings. The lowest BCUT2D eigenvalue weighted by molar-refractivity contribution is -0.121. The Balaban J connectivity index is 1.72. The molecule has 0 spiro atoms. The van der Waals surface area contributed by atoms with Gasteiger partial charge in [0.15, 0.2) is 12.1 Å². The van der Waals surface area contributed by atoms with Gasteiger partial charge in [0.2, 0.25) is 0 Å². The first-order chi connectivity index (χ1) is 11.2. The zero-order chi connectivity index (χ0) is 16.0. The van der Waals surface area contributed by atoms with Gasteiger partial charge in [-0.1, -0.05) is 29.5 Å². The van der Waals surface area contributed by atoms with E-state index < -0.39 is 29.7 Å². The first-order valence-corrected chi connectivity index (χ1v) is 7.05. The van der Waals surface area contributed by atoms with E-state index in [0.29, 0.717) is 5.69 Å². The Morgan fingerprint density at radius 3 is 2.39 bits per heavy atom. The predicted octanol–water partition coefficient (Wildman–Crippen LogP) is 2.32. The second-order valence-electron chi connectivity index (χ2n) is 5.27. The van der Waals surface area contributed by atoms with Gasteiger partial charge in [-0.05, 0) is 30.3 Å². The number of amides is 2. The van der Waals surface area contributed by atoms with Crippen molar-refractivity contribution >= 4 is 23.2 Å². The number of para-hydroxylation sites is 1. The van der Waals surface area contributed by atoms with Crippen molar-refractivity contribution in [1.82, 2.24) is 0 Å². The molecule has 0 N–H and O–H groups in total. The molecule has 4 rings (SSSR count). The van der Waals surface area contributed by atoms with Gasteiger partial charge in [0.25, 0.3) is 11.8 Å². The molecule has 2 aromatic carbocycles. The van der Waals surface area contributed by atoms with Gasteiger partial charge in [-0.3, -0.25) is 9.59 Å². The molecule has 6 nitrogen and oxygen atoms in total. The summed E-state index contributed by atoms with van der Waals surface area (Å²) >= 11 is 0. The van der Waals surface area contributed by atoms with E-state index in [2.05, 4.69) is 10.3 Å². The standard InChI is InChI=1S/C16H11FN4O2/c17-10-5-4-8-12(9-10)20-15(22)13-14(16(20)23)21(19-18-13)11-6-2-1-3-7-11/h1-9,13-14H/t13-,14-/m0/s1. The summed E-state index contributed by atoms with van der Waals surface area (Å²) in [6.45, 7) is 0. The third-order valence-electron chi connectivity index (χ3n) is 3.87. The Labute approximate surface area is 130 Å². The van der Waals surface area contributed by atoms with Crippen LogP contribution in [-0.4, -0.2) is 23.9 Å². The van der Waals surface area contributed by atoms with E-state index in [4.69, 9.17) is 0 Å². The summed E-state index contributed by atoms with van der Waals surface area (Å²) in [5.74, 6) is -1.46. The van der Waals surface area contributed by atoms with Crippen molar-refractivity contribution in [3.8, 4) is 0 Å². The lowest BCUT2D eigenvalue weighted by Crippen LogP contribution is -2.39. The molecule has 2 heterocycles. The van der Waals surface area contributed by atoms with Crippen LogP contribution < -0.4 is 9.91 Å². The molecule has 0 bridgehead atoms. The number of hydrogen-bond acceptors (Lipinski definition) is 5. The average molecular weight is 310 g/mol. The zero-order valence-corrected chi connectivity index (χ0v) is 11.8. The summed E-state index contributed by atoms with van der Waals surface area (Å²) in [5, 5.41) is 9.32. The molecule has 0 saturated carbocycles. The molecule has 7 heteroatoms. The molecule has 2 aliphatic rings. The van der Waals surface area contributed by atoms with Gasteiger partial charge in [-0.15, -0.1) is 0 Å². The number of imide groups is 1. The molecule has 2 aliphatic heterocycles. The summed E-state index contributed by atoms with van der Waals surface area (Å²) in [5.41, 5.74) is 0.878. The van der Waals surface area contributed by atoms with Gasteiger partial charge in [-0.2, -0.15) is 5.11 Å². The molecule has 1 saturated heterocycles. The SMILES string of the molecule is O=C1[C@H]2N=NN(c3ccccc3)[C@@H]2C(=O)N1c1cccc(F)c1. The predicted molar refractivity (Wildman–Crippen MR) is 80.2 cm³/mol. The molecule has 2 atom stereocenters. The molecule has 2 amide bonds. The fourth-order valence-corrected chi connectivity index (χ4v) is 2.82. The highest BCUT2D eigenvalue weighted by atomic mass is 19.1. The van der Waals surface area contributed by atoms with Crippen LogP contribution in [0.1, 0.15) is 0 Å². The molecule has 0 radical (unpaired) electrons. The Morgan fingerprint density at radius 1 is 0.913 bits per heavy atom. The minimum atomic E-state index is -0.897. The number of carbonyl (C=O) groups is 2. The fourth-order valence-electron chi connectivity index (χ4n) is 2.82. The van der Waals surface area contributed by atoms with E-state index in [9.17, 15) is 14.0 Å². The van der Waals surface area contributed by atoms with Crippen molar-refractivity contribution in [1.29, 1.82) is 0 Å². The van der Waals surface area contributed by atoms with E-state index in [0.717, 1.165) is 11.0 Å². The minimum Gasteiger partial charge on any atom is -0.271 e. The number of nitrogens with zero attached hydrogens (tertiary/aromatic N) is 4. The van der Waals surface area contributed by atoms with E-state index in [-0.39, 0.29) is 5.69 Å². The van der Waals surface area contributed by atoms with E-state index in [1.807, 2.05) is 18.2 Å². The average Bonchev–Trinajstić information content (AvgIpc) is 3.09. The summed E-state index contributed by atoms with van der Waals surface area (Å²) in [6, 6.07) is 12.7. The first kappa shape index (κ1) is 13.6. The lowest BCUT2D eigenvalue weighted by Gasteiger charge is -2.20. The molecule has 114 valence electrons. The van der Waals surface area contributed by atoms with E-state index >= 15 is 0 Å². The van der Waals surface area contributed by atoms with E-state index in [1.54, 1.807) is 12.1 Å². The molecule has 0 aromatic heterocycles. The van der Waals surface area contributed by atoms with Gasteiger partial charge >= 0.3 is 0 Å². The molecule has 23 heavy (non-hydrogen) atoms. The maximum absolute atomic E-state index is 13.4. The maximum Gasteiger partial charge on any atom is 0.263 e. The highest BCUT2D eigenvalue weighted by molar-refractivity contribution is 6.26. The second-order valence-corrected chi connectivity index (χ2v) is 5.27. The Hall–Kier alpha value is -3.09. The lowest BCUT2D eigenvalue weighted by atomic mass is 10.1. The highest BCUT2D eigenvalue weighted by Crippen LogP contribution is 2.34. The highest BCUT2D eigenvalue weighted by Gasteiger charge is 2.55. The van der Waals surface area contributed by atoms with Gasteiger partial charge in [-0.25, -0.2) is 14.3 Å².